The van der Waals surface area contributed by atoms with Crippen LogP contribution >= 0.6 is 0 Å². The van der Waals surface area contributed by atoms with Gasteiger partial charge >= 0.3 is 0 Å². The Hall–Kier alpha value is -2.60. The standard InChI is InChI=1S/C19H26N6O5/c1-2-3-4-5-6-10-7-11(30-24-10)13-14-17(23-19(20)22-13)25(9-21-14)18-16(28)15(27)12(8-26)29-18/h7,9,12,15-16,18,26-28H,2-6,8H2,1H3,(H2,20,22,23)/t12-,15-,16-,18-/m1/s1. The summed E-state index contributed by atoms with van der Waals surface area (Å²) in [6.07, 6.45) is 2.36. The predicted octanol–water partition coefficient (Wildman–Crippen LogP) is 0.798. The molecule has 0 bridgehead atoms. The van der Waals surface area contributed by atoms with E-state index >= 15 is 0 Å². The van der Waals surface area contributed by atoms with Crippen molar-refractivity contribution >= 4 is 17.1 Å². The average Bonchev–Trinajstić information content (AvgIpc) is 3.44. The molecule has 1 aliphatic rings. The lowest BCUT2D eigenvalue weighted by Gasteiger charge is -2.16. The summed E-state index contributed by atoms with van der Waals surface area (Å²) < 4.78 is 12.5. The molecule has 30 heavy (non-hydrogen) atoms. The first-order valence-electron chi connectivity index (χ1n) is 10.1. The zero-order valence-corrected chi connectivity index (χ0v) is 16.7. The molecule has 4 heterocycles. The van der Waals surface area contributed by atoms with Crippen LogP contribution in [0.5, 0.6) is 0 Å². The molecule has 0 spiro atoms. The summed E-state index contributed by atoms with van der Waals surface area (Å²) in [6, 6.07) is 1.82. The van der Waals surface area contributed by atoms with E-state index in [-0.39, 0.29) is 5.95 Å². The maximum Gasteiger partial charge on any atom is 0.222 e. The fourth-order valence-electron chi connectivity index (χ4n) is 3.68. The average molecular weight is 418 g/mol. The van der Waals surface area contributed by atoms with Gasteiger partial charge in [-0.25, -0.2) is 9.97 Å². The van der Waals surface area contributed by atoms with E-state index in [0.29, 0.717) is 22.6 Å². The first-order chi connectivity index (χ1) is 14.5. The molecule has 0 unspecified atom stereocenters. The number of unbranched alkanes of at least 4 members (excludes halogenated alkanes) is 3. The lowest BCUT2D eigenvalue weighted by atomic mass is 10.1. The molecule has 0 aromatic carbocycles. The van der Waals surface area contributed by atoms with E-state index in [1.165, 1.54) is 23.7 Å². The lowest BCUT2D eigenvalue weighted by Crippen LogP contribution is -2.33. The minimum absolute atomic E-state index is 0.00751. The summed E-state index contributed by atoms with van der Waals surface area (Å²) in [5.41, 5.74) is 7.83. The quantitative estimate of drug-likeness (QED) is 0.384. The highest BCUT2D eigenvalue weighted by Gasteiger charge is 2.44. The summed E-state index contributed by atoms with van der Waals surface area (Å²) in [4.78, 5) is 12.8. The number of hydrogen-bond donors (Lipinski definition) is 4. The highest BCUT2D eigenvalue weighted by atomic mass is 16.6. The second kappa shape index (κ2) is 8.64. The number of ether oxygens (including phenoxy) is 1. The van der Waals surface area contributed by atoms with Gasteiger partial charge in [-0.15, -0.1) is 0 Å². The molecule has 0 saturated carbocycles. The number of aromatic nitrogens is 5. The molecular weight excluding hydrogens is 392 g/mol. The number of nitrogens with zero attached hydrogens (tertiary/aromatic N) is 5. The first-order valence-corrected chi connectivity index (χ1v) is 10.1. The van der Waals surface area contributed by atoms with Crippen LogP contribution in [0.4, 0.5) is 5.95 Å². The van der Waals surface area contributed by atoms with Crippen molar-refractivity contribution in [3.05, 3.63) is 18.1 Å². The van der Waals surface area contributed by atoms with Crippen LogP contribution in [-0.4, -0.2) is 64.9 Å². The smallest absolute Gasteiger partial charge is 0.222 e. The number of aliphatic hydroxyl groups is 3. The van der Waals surface area contributed by atoms with Crippen molar-refractivity contribution in [1.82, 2.24) is 24.7 Å². The van der Waals surface area contributed by atoms with Crippen LogP contribution < -0.4 is 5.73 Å². The number of anilines is 1. The number of fused-ring (bicyclic) bond motifs is 1. The Bertz CT molecular complexity index is 1000. The Morgan fingerprint density at radius 1 is 1.17 bits per heavy atom. The van der Waals surface area contributed by atoms with Crippen molar-refractivity contribution in [3.63, 3.8) is 0 Å². The van der Waals surface area contributed by atoms with Crippen LogP contribution in [0.15, 0.2) is 16.9 Å². The third kappa shape index (κ3) is 3.76. The molecule has 11 nitrogen and oxygen atoms in total. The summed E-state index contributed by atoms with van der Waals surface area (Å²) in [7, 11) is 0. The molecular formula is C19H26N6O5. The van der Waals surface area contributed by atoms with Gasteiger partial charge in [0.1, 0.15) is 29.5 Å². The zero-order chi connectivity index (χ0) is 21.3. The monoisotopic (exact) mass is 418 g/mol. The van der Waals surface area contributed by atoms with E-state index in [2.05, 4.69) is 27.0 Å². The highest BCUT2D eigenvalue weighted by molar-refractivity contribution is 5.86. The molecule has 3 aromatic rings. The Morgan fingerprint density at radius 2 is 2.00 bits per heavy atom. The molecule has 1 fully saturated rings. The normalized spacial score (nSPS) is 24.1. The van der Waals surface area contributed by atoms with Gasteiger partial charge in [0, 0.05) is 6.07 Å². The Balaban J connectivity index is 1.64. The van der Waals surface area contributed by atoms with Crippen LogP contribution in [0.1, 0.15) is 44.5 Å². The van der Waals surface area contributed by atoms with Crippen molar-refractivity contribution in [1.29, 1.82) is 0 Å². The zero-order valence-electron chi connectivity index (χ0n) is 16.7. The molecule has 0 radical (unpaired) electrons. The fourth-order valence-corrected chi connectivity index (χ4v) is 3.68. The van der Waals surface area contributed by atoms with Gasteiger partial charge in [-0.2, -0.15) is 4.98 Å². The van der Waals surface area contributed by atoms with E-state index in [4.69, 9.17) is 15.0 Å². The van der Waals surface area contributed by atoms with Gasteiger partial charge in [0.2, 0.25) is 5.95 Å². The summed E-state index contributed by atoms with van der Waals surface area (Å²) in [5.74, 6) is 0.415. The Labute approximate surface area is 172 Å². The number of nitrogens with two attached hydrogens (primary N) is 1. The van der Waals surface area contributed by atoms with Gasteiger partial charge in [0.25, 0.3) is 0 Å². The van der Waals surface area contributed by atoms with E-state index in [1.807, 2.05) is 6.07 Å². The van der Waals surface area contributed by atoms with Gasteiger partial charge in [-0.05, 0) is 12.8 Å². The van der Waals surface area contributed by atoms with Crippen molar-refractivity contribution in [2.45, 2.75) is 63.6 Å². The lowest BCUT2D eigenvalue weighted by molar-refractivity contribution is -0.0511. The van der Waals surface area contributed by atoms with Gasteiger partial charge in [-0.3, -0.25) is 4.57 Å². The molecule has 162 valence electrons. The summed E-state index contributed by atoms with van der Waals surface area (Å²) in [5, 5.41) is 33.8. The molecule has 3 aromatic heterocycles. The predicted molar refractivity (Wildman–Crippen MR) is 106 cm³/mol. The van der Waals surface area contributed by atoms with Crippen molar-refractivity contribution in [2.24, 2.45) is 0 Å². The van der Waals surface area contributed by atoms with Crippen molar-refractivity contribution < 1.29 is 24.6 Å². The van der Waals surface area contributed by atoms with Crippen LogP contribution in [0.25, 0.3) is 22.6 Å². The Kier molecular flexibility index (Phi) is 5.95. The number of aryl methyl sites for hydroxylation is 1. The number of nitrogen functional groups attached to an aromatic ring is 1. The minimum Gasteiger partial charge on any atom is -0.394 e. The van der Waals surface area contributed by atoms with E-state index in [9.17, 15) is 15.3 Å². The Morgan fingerprint density at radius 3 is 2.73 bits per heavy atom. The second-order valence-corrected chi connectivity index (χ2v) is 7.48. The SMILES string of the molecule is CCCCCCc1cc(-c2nc(N)nc3c2ncn3[C@@H]2O[C@H](CO)[C@@H](O)[C@H]2O)on1. The molecule has 11 heteroatoms. The molecule has 4 rings (SSSR count). The van der Waals surface area contributed by atoms with Crippen molar-refractivity contribution in [3.8, 4) is 11.5 Å². The van der Waals surface area contributed by atoms with E-state index < -0.39 is 31.1 Å². The molecule has 0 aliphatic carbocycles. The second-order valence-electron chi connectivity index (χ2n) is 7.48. The van der Waals surface area contributed by atoms with Crippen LogP contribution in [-0.2, 0) is 11.2 Å². The third-order valence-corrected chi connectivity index (χ3v) is 5.31. The third-order valence-electron chi connectivity index (χ3n) is 5.31. The topological polar surface area (TPSA) is 166 Å². The van der Waals surface area contributed by atoms with Crippen LogP contribution in [0.2, 0.25) is 0 Å². The van der Waals surface area contributed by atoms with E-state index in [1.54, 1.807) is 0 Å². The van der Waals surface area contributed by atoms with Gasteiger partial charge in [0.05, 0.1) is 18.6 Å². The highest BCUT2D eigenvalue weighted by Crippen LogP contribution is 2.33. The van der Waals surface area contributed by atoms with Gasteiger partial charge in [-0.1, -0.05) is 31.3 Å². The first kappa shape index (κ1) is 20.7. The molecule has 5 N–H and O–H groups in total. The summed E-state index contributed by atoms with van der Waals surface area (Å²) in [6.45, 7) is 1.74. The number of hydrogen-bond acceptors (Lipinski definition) is 10. The van der Waals surface area contributed by atoms with Crippen LogP contribution in [0.3, 0.4) is 0 Å². The largest absolute Gasteiger partial charge is 0.394 e. The maximum absolute atomic E-state index is 10.3. The van der Waals surface area contributed by atoms with Crippen LogP contribution in [0, 0.1) is 0 Å². The van der Waals surface area contributed by atoms with Crippen molar-refractivity contribution in [2.75, 3.05) is 12.3 Å². The number of imidazole rings is 1. The molecule has 0 amide bonds. The van der Waals surface area contributed by atoms with Gasteiger partial charge < -0.3 is 30.3 Å². The van der Waals surface area contributed by atoms with Gasteiger partial charge in [0.15, 0.2) is 17.6 Å². The van der Waals surface area contributed by atoms with E-state index in [0.717, 1.165) is 25.0 Å². The maximum atomic E-state index is 10.3. The summed E-state index contributed by atoms with van der Waals surface area (Å²) >= 11 is 0. The number of rotatable bonds is 8. The fraction of sp³-hybridized carbons (Fsp3) is 0.579. The molecule has 1 aliphatic heterocycles. The molecule has 4 atom stereocenters. The number of aliphatic hydroxyl groups excluding tert-OH is 3. The minimum atomic E-state index is -1.26. The molecule has 1 saturated heterocycles.